The van der Waals surface area contributed by atoms with Crippen LogP contribution in [0.15, 0.2) is 28.7 Å². The zero-order valence-corrected chi connectivity index (χ0v) is 14.0. The van der Waals surface area contributed by atoms with Gasteiger partial charge in [0.15, 0.2) is 0 Å². The number of hydrogen-bond donors (Lipinski definition) is 1. The van der Waals surface area contributed by atoms with Gasteiger partial charge in [-0.05, 0) is 59.5 Å². The number of carbonyl (C=O) groups is 1. The Hall–Kier alpha value is -1.29. The maximum absolute atomic E-state index is 10.5. The molecule has 0 fully saturated rings. The standard InChI is InChI=1S/C16H22BrNO2/c1-11(2)10-18(12(3)4)15-7-5-13(9-14(15)17)6-8-16(19)20/h5-9,11-12H,10H2,1-4H3,(H,19,20)/b8-6+. The van der Waals surface area contributed by atoms with Crippen LogP contribution in [0.25, 0.3) is 6.08 Å². The topological polar surface area (TPSA) is 40.5 Å². The summed E-state index contributed by atoms with van der Waals surface area (Å²) in [5.74, 6) is -0.357. The molecule has 0 saturated carbocycles. The molecule has 0 aliphatic carbocycles. The predicted molar refractivity (Wildman–Crippen MR) is 88.1 cm³/mol. The summed E-state index contributed by atoms with van der Waals surface area (Å²) >= 11 is 3.59. The van der Waals surface area contributed by atoms with Gasteiger partial charge >= 0.3 is 5.97 Å². The van der Waals surface area contributed by atoms with Crippen LogP contribution in [0, 0.1) is 5.92 Å². The lowest BCUT2D eigenvalue weighted by molar-refractivity contribution is -0.131. The van der Waals surface area contributed by atoms with Gasteiger partial charge in [-0.3, -0.25) is 0 Å². The Labute approximate surface area is 129 Å². The average Bonchev–Trinajstić information content (AvgIpc) is 2.33. The third kappa shape index (κ3) is 5.00. The Balaban J connectivity index is 3.03. The highest BCUT2D eigenvalue weighted by molar-refractivity contribution is 9.10. The van der Waals surface area contributed by atoms with Crippen molar-refractivity contribution in [1.29, 1.82) is 0 Å². The zero-order valence-electron chi connectivity index (χ0n) is 12.4. The number of anilines is 1. The van der Waals surface area contributed by atoms with E-state index in [2.05, 4.69) is 48.5 Å². The fraction of sp³-hybridized carbons (Fsp3) is 0.438. The van der Waals surface area contributed by atoms with Crippen LogP contribution in [0.1, 0.15) is 33.3 Å². The highest BCUT2D eigenvalue weighted by Gasteiger charge is 2.15. The summed E-state index contributed by atoms with van der Waals surface area (Å²) in [5.41, 5.74) is 2.01. The fourth-order valence-electron chi connectivity index (χ4n) is 2.01. The van der Waals surface area contributed by atoms with Crippen molar-refractivity contribution < 1.29 is 9.90 Å². The normalized spacial score (nSPS) is 11.6. The number of nitrogens with zero attached hydrogens (tertiary/aromatic N) is 1. The maximum atomic E-state index is 10.5. The molecule has 0 spiro atoms. The van der Waals surface area contributed by atoms with Crippen molar-refractivity contribution in [2.75, 3.05) is 11.4 Å². The second-order valence-electron chi connectivity index (χ2n) is 5.52. The first-order chi connectivity index (χ1) is 9.31. The third-order valence-corrected chi connectivity index (χ3v) is 3.52. The van der Waals surface area contributed by atoms with Crippen molar-refractivity contribution >= 4 is 33.7 Å². The molecule has 0 amide bonds. The van der Waals surface area contributed by atoms with Crippen LogP contribution in [0.3, 0.4) is 0 Å². The highest BCUT2D eigenvalue weighted by atomic mass is 79.9. The number of carboxylic acids is 1. The van der Waals surface area contributed by atoms with Gasteiger partial charge in [0.25, 0.3) is 0 Å². The second-order valence-corrected chi connectivity index (χ2v) is 6.38. The number of rotatable bonds is 6. The summed E-state index contributed by atoms with van der Waals surface area (Å²) in [7, 11) is 0. The summed E-state index contributed by atoms with van der Waals surface area (Å²) in [6, 6.07) is 6.34. The number of hydrogen-bond acceptors (Lipinski definition) is 2. The summed E-state index contributed by atoms with van der Waals surface area (Å²) in [4.78, 5) is 12.9. The van der Waals surface area contributed by atoms with Crippen molar-refractivity contribution in [2.24, 2.45) is 5.92 Å². The minimum atomic E-state index is -0.936. The number of carboxylic acid groups (broad SMARTS) is 1. The Bertz CT molecular complexity index is 495. The van der Waals surface area contributed by atoms with E-state index in [4.69, 9.17) is 5.11 Å². The van der Waals surface area contributed by atoms with Crippen LogP contribution in [0.2, 0.25) is 0 Å². The molecule has 0 unspecified atom stereocenters. The molecule has 1 rings (SSSR count). The zero-order chi connectivity index (χ0) is 15.3. The van der Waals surface area contributed by atoms with Gasteiger partial charge in [-0.1, -0.05) is 19.9 Å². The molecular formula is C16H22BrNO2. The molecule has 20 heavy (non-hydrogen) atoms. The van der Waals surface area contributed by atoms with Crippen molar-refractivity contribution in [3.8, 4) is 0 Å². The number of benzene rings is 1. The van der Waals surface area contributed by atoms with E-state index in [1.165, 1.54) is 0 Å². The lowest BCUT2D eigenvalue weighted by Crippen LogP contribution is -2.34. The molecule has 0 aliphatic rings. The number of aliphatic carboxylic acids is 1. The molecule has 0 saturated heterocycles. The van der Waals surface area contributed by atoms with Crippen LogP contribution in [0.5, 0.6) is 0 Å². The van der Waals surface area contributed by atoms with E-state index in [0.29, 0.717) is 12.0 Å². The van der Waals surface area contributed by atoms with Gasteiger partial charge in [-0.25, -0.2) is 4.79 Å². The summed E-state index contributed by atoms with van der Waals surface area (Å²) in [5, 5.41) is 8.65. The molecule has 0 bridgehead atoms. The molecule has 0 heterocycles. The molecule has 3 nitrogen and oxygen atoms in total. The molecule has 110 valence electrons. The summed E-state index contributed by atoms with van der Waals surface area (Å²) in [6.07, 6.45) is 2.74. The first-order valence-corrected chi connectivity index (χ1v) is 7.57. The van der Waals surface area contributed by atoms with Gasteiger partial charge in [0.1, 0.15) is 0 Å². The highest BCUT2D eigenvalue weighted by Crippen LogP contribution is 2.30. The van der Waals surface area contributed by atoms with Gasteiger partial charge in [-0.2, -0.15) is 0 Å². The molecular weight excluding hydrogens is 318 g/mol. The number of halogens is 1. The van der Waals surface area contributed by atoms with Crippen molar-refractivity contribution in [3.05, 3.63) is 34.3 Å². The van der Waals surface area contributed by atoms with Gasteiger partial charge in [0, 0.05) is 23.1 Å². The van der Waals surface area contributed by atoms with Crippen molar-refractivity contribution in [2.45, 2.75) is 33.7 Å². The smallest absolute Gasteiger partial charge is 0.328 e. The lowest BCUT2D eigenvalue weighted by atomic mass is 10.1. The van der Waals surface area contributed by atoms with E-state index < -0.39 is 5.97 Å². The van der Waals surface area contributed by atoms with Crippen LogP contribution in [-0.2, 0) is 4.79 Å². The van der Waals surface area contributed by atoms with E-state index in [1.54, 1.807) is 6.08 Å². The van der Waals surface area contributed by atoms with Crippen LogP contribution >= 0.6 is 15.9 Å². The van der Waals surface area contributed by atoms with E-state index in [-0.39, 0.29) is 0 Å². The average molecular weight is 340 g/mol. The SMILES string of the molecule is CC(C)CN(c1ccc(/C=C/C(=O)O)cc1Br)C(C)C. The second kappa shape index (κ2) is 7.48. The Morgan fingerprint density at radius 3 is 2.45 bits per heavy atom. The Kier molecular flexibility index (Phi) is 6.27. The first kappa shape index (κ1) is 16.8. The van der Waals surface area contributed by atoms with Crippen molar-refractivity contribution in [1.82, 2.24) is 0 Å². The van der Waals surface area contributed by atoms with Crippen LogP contribution in [0.4, 0.5) is 5.69 Å². The van der Waals surface area contributed by atoms with Gasteiger partial charge in [0.05, 0.1) is 5.69 Å². The van der Waals surface area contributed by atoms with Crippen LogP contribution in [-0.4, -0.2) is 23.7 Å². The summed E-state index contributed by atoms with van der Waals surface area (Å²) < 4.78 is 0.986. The minimum Gasteiger partial charge on any atom is -0.478 e. The van der Waals surface area contributed by atoms with Crippen LogP contribution < -0.4 is 4.90 Å². The first-order valence-electron chi connectivity index (χ1n) is 6.78. The molecule has 0 aromatic heterocycles. The van der Waals surface area contributed by atoms with Gasteiger partial charge in [0.2, 0.25) is 0 Å². The van der Waals surface area contributed by atoms with E-state index in [0.717, 1.165) is 28.3 Å². The van der Waals surface area contributed by atoms with E-state index in [9.17, 15) is 4.79 Å². The Morgan fingerprint density at radius 2 is 2.00 bits per heavy atom. The molecule has 0 aliphatic heterocycles. The maximum Gasteiger partial charge on any atom is 0.328 e. The largest absolute Gasteiger partial charge is 0.478 e. The van der Waals surface area contributed by atoms with Crippen molar-refractivity contribution in [3.63, 3.8) is 0 Å². The minimum absolute atomic E-state index is 0.411. The third-order valence-electron chi connectivity index (χ3n) is 2.88. The predicted octanol–water partition coefficient (Wildman–Crippen LogP) is 4.42. The Morgan fingerprint density at radius 1 is 1.35 bits per heavy atom. The quantitative estimate of drug-likeness (QED) is 0.780. The molecule has 4 heteroatoms. The molecule has 1 aromatic carbocycles. The summed E-state index contributed by atoms with van der Waals surface area (Å²) in [6.45, 7) is 9.74. The monoisotopic (exact) mass is 339 g/mol. The molecule has 0 atom stereocenters. The van der Waals surface area contributed by atoms with Gasteiger partial charge in [-0.15, -0.1) is 0 Å². The molecule has 1 N–H and O–H groups in total. The van der Waals surface area contributed by atoms with Gasteiger partial charge < -0.3 is 10.0 Å². The molecule has 0 radical (unpaired) electrons. The fourth-order valence-corrected chi connectivity index (χ4v) is 2.63. The molecule has 1 aromatic rings. The van der Waals surface area contributed by atoms with E-state index in [1.807, 2.05) is 18.2 Å². The van der Waals surface area contributed by atoms with E-state index >= 15 is 0 Å². The lowest BCUT2D eigenvalue weighted by Gasteiger charge is -2.31.